The second-order valence-electron chi connectivity index (χ2n) is 7.80. The molecule has 1 atom stereocenters. The van der Waals surface area contributed by atoms with Crippen LogP contribution in [0.15, 0.2) is 48.5 Å². The summed E-state index contributed by atoms with van der Waals surface area (Å²) in [7, 11) is 0. The first-order valence-corrected chi connectivity index (χ1v) is 10.0. The topological polar surface area (TPSA) is 69.7 Å². The summed E-state index contributed by atoms with van der Waals surface area (Å²) >= 11 is 0. The van der Waals surface area contributed by atoms with Gasteiger partial charge in [0, 0.05) is 25.2 Å². The van der Waals surface area contributed by atoms with Crippen molar-refractivity contribution in [2.24, 2.45) is 0 Å². The van der Waals surface area contributed by atoms with Gasteiger partial charge in [-0.2, -0.15) is 0 Å². The number of hydrogen-bond donors (Lipinski definition) is 1. The number of carbonyl (C=O) groups excluding carboxylic acids is 3. The van der Waals surface area contributed by atoms with Crippen molar-refractivity contribution in [3.05, 3.63) is 70.8 Å². The number of amides is 3. The van der Waals surface area contributed by atoms with Gasteiger partial charge in [0.05, 0.1) is 0 Å². The number of piperazine rings is 1. The first-order valence-electron chi connectivity index (χ1n) is 10.0. The highest BCUT2D eigenvalue weighted by molar-refractivity contribution is 5.95. The molecule has 2 aromatic carbocycles. The van der Waals surface area contributed by atoms with Crippen molar-refractivity contribution in [3.63, 3.8) is 0 Å². The van der Waals surface area contributed by atoms with Gasteiger partial charge in [-0.3, -0.25) is 14.4 Å². The summed E-state index contributed by atoms with van der Waals surface area (Å²) in [5.41, 5.74) is 3.72. The summed E-state index contributed by atoms with van der Waals surface area (Å²) in [4.78, 5) is 40.6. The van der Waals surface area contributed by atoms with Crippen molar-refractivity contribution in [1.82, 2.24) is 15.1 Å². The fraction of sp³-hybridized carbons (Fsp3) is 0.348. The highest BCUT2D eigenvalue weighted by Crippen LogP contribution is 2.24. The molecule has 150 valence electrons. The Kier molecular flexibility index (Phi) is 5.34. The lowest BCUT2D eigenvalue weighted by Crippen LogP contribution is -2.56. The Morgan fingerprint density at radius 3 is 2.45 bits per heavy atom. The molecule has 0 bridgehead atoms. The molecule has 6 heteroatoms. The van der Waals surface area contributed by atoms with Crippen molar-refractivity contribution >= 4 is 17.7 Å². The first-order chi connectivity index (χ1) is 14.0. The van der Waals surface area contributed by atoms with E-state index in [2.05, 4.69) is 5.32 Å². The maximum absolute atomic E-state index is 12.6. The predicted molar refractivity (Wildman–Crippen MR) is 109 cm³/mol. The number of rotatable bonds is 5. The molecule has 0 aromatic heterocycles. The second-order valence-corrected chi connectivity index (χ2v) is 7.80. The molecule has 6 nitrogen and oxygen atoms in total. The van der Waals surface area contributed by atoms with E-state index in [1.165, 1.54) is 5.56 Å². The zero-order valence-corrected chi connectivity index (χ0v) is 16.6. The Labute approximate surface area is 170 Å². The molecular formula is C23H25N3O3. The van der Waals surface area contributed by atoms with Gasteiger partial charge in [-0.25, -0.2) is 0 Å². The van der Waals surface area contributed by atoms with E-state index >= 15 is 0 Å². The normalized spacial score (nSPS) is 18.7. The van der Waals surface area contributed by atoms with Crippen LogP contribution >= 0.6 is 0 Å². The molecule has 2 aliphatic rings. The van der Waals surface area contributed by atoms with Crippen LogP contribution < -0.4 is 5.32 Å². The van der Waals surface area contributed by atoms with E-state index in [0.717, 1.165) is 24.0 Å². The van der Waals surface area contributed by atoms with Gasteiger partial charge < -0.3 is 15.1 Å². The Bertz CT molecular complexity index is 921. The fourth-order valence-electron chi connectivity index (χ4n) is 3.97. The van der Waals surface area contributed by atoms with Crippen LogP contribution in [0.4, 0.5) is 0 Å². The van der Waals surface area contributed by atoms with Crippen molar-refractivity contribution in [3.8, 4) is 0 Å². The minimum atomic E-state index is -0.289. The maximum Gasteiger partial charge on any atom is 0.251 e. The molecular weight excluding hydrogens is 366 g/mol. The van der Waals surface area contributed by atoms with Gasteiger partial charge in [-0.05, 0) is 43.0 Å². The monoisotopic (exact) mass is 391 g/mol. The Balaban J connectivity index is 1.35. The van der Waals surface area contributed by atoms with Gasteiger partial charge in [-0.1, -0.05) is 42.0 Å². The van der Waals surface area contributed by atoms with E-state index in [1.54, 1.807) is 21.9 Å². The first kappa shape index (κ1) is 19.2. The van der Waals surface area contributed by atoms with Crippen molar-refractivity contribution in [2.75, 3.05) is 13.1 Å². The maximum atomic E-state index is 12.6. The van der Waals surface area contributed by atoms with Crippen LogP contribution in [0.2, 0.25) is 0 Å². The zero-order valence-electron chi connectivity index (χ0n) is 16.6. The number of nitrogens with one attached hydrogen (secondary N) is 1. The van der Waals surface area contributed by atoms with Crippen LogP contribution in [-0.4, -0.2) is 46.7 Å². The number of carbonyl (C=O) groups is 3. The Morgan fingerprint density at radius 2 is 1.72 bits per heavy atom. The molecule has 2 saturated heterocycles. The molecule has 0 spiro atoms. The summed E-state index contributed by atoms with van der Waals surface area (Å²) < 4.78 is 0. The Hall–Kier alpha value is -3.15. The van der Waals surface area contributed by atoms with Gasteiger partial charge in [0.25, 0.3) is 5.91 Å². The van der Waals surface area contributed by atoms with Crippen LogP contribution in [0, 0.1) is 6.92 Å². The largest absolute Gasteiger partial charge is 0.348 e. The van der Waals surface area contributed by atoms with Crippen LogP contribution in [-0.2, 0) is 22.7 Å². The number of benzene rings is 2. The highest BCUT2D eigenvalue weighted by atomic mass is 16.2. The number of hydrogen-bond acceptors (Lipinski definition) is 3. The average molecular weight is 391 g/mol. The lowest BCUT2D eigenvalue weighted by molar-refractivity contribution is -0.154. The van der Waals surface area contributed by atoms with Crippen molar-refractivity contribution < 1.29 is 14.4 Å². The van der Waals surface area contributed by atoms with Crippen LogP contribution in [0.5, 0.6) is 0 Å². The number of nitrogens with zero attached hydrogens (tertiary/aromatic N) is 2. The molecule has 29 heavy (non-hydrogen) atoms. The molecule has 4 rings (SSSR count). The molecule has 0 aliphatic carbocycles. The smallest absolute Gasteiger partial charge is 0.251 e. The zero-order chi connectivity index (χ0) is 20.4. The standard InChI is InChI=1S/C23H25N3O3/c1-16-4-6-17(7-5-16)13-24-22(28)19-10-8-18(9-11-19)14-25-15-21(27)26-12-2-3-20(26)23(25)29/h4-11,20H,2-3,12-15H2,1H3,(H,24,28)/t20-/m0/s1. The van der Waals surface area contributed by atoms with Crippen LogP contribution in [0.25, 0.3) is 0 Å². The number of aryl methyl sites for hydroxylation is 1. The van der Waals surface area contributed by atoms with Crippen molar-refractivity contribution in [2.45, 2.75) is 38.9 Å². The van der Waals surface area contributed by atoms with Gasteiger partial charge in [-0.15, -0.1) is 0 Å². The van der Waals surface area contributed by atoms with E-state index in [0.29, 0.717) is 25.2 Å². The third-order valence-electron chi connectivity index (χ3n) is 5.66. The summed E-state index contributed by atoms with van der Waals surface area (Å²) in [6.07, 6.45) is 1.64. The average Bonchev–Trinajstić information content (AvgIpc) is 3.23. The minimum Gasteiger partial charge on any atom is -0.348 e. The number of fused-ring (bicyclic) bond motifs is 1. The molecule has 0 unspecified atom stereocenters. The summed E-state index contributed by atoms with van der Waals surface area (Å²) in [6, 6.07) is 15.0. The molecule has 2 aromatic rings. The third kappa shape index (κ3) is 4.16. The SMILES string of the molecule is Cc1ccc(CNC(=O)c2ccc(CN3CC(=O)N4CCC[C@H]4C3=O)cc2)cc1. The molecule has 2 fully saturated rings. The highest BCUT2D eigenvalue weighted by Gasteiger charge is 2.41. The van der Waals surface area contributed by atoms with Crippen LogP contribution in [0.1, 0.15) is 39.9 Å². The summed E-state index contributed by atoms with van der Waals surface area (Å²) in [6.45, 7) is 3.72. The third-order valence-corrected chi connectivity index (χ3v) is 5.66. The van der Waals surface area contributed by atoms with Crippen LogP contribution in [0.3, 0.4) is 0 Å². The summed E-state index contributed by atoms with van der Waals surface area (Å²) in [5.74, 6) is -0.0795. The van der Waals surface area contributed by atoms with Gasteiger partial charge in [0.15, 0.2) is 0 Å². The van der Waals surface area contributed by atoms with Gasteiger partial charge in [0.1, 0.15) is 12.6 Å². The Morgan fingerprint density at radius 1 is 1.03 bits per heavy atom. The van der Waals surface area contributed by atoms with Crippen molar-refractivity contribution in [1.29, 1.82) is 0 Å². The van der Waals surface area contributed by atoms with Gasteiger partial charge in [0.2, 0.25) is 11.8 Å². The van der Waals surface area contributed by atoms with Gasteiger partial charge >= 0.3 is 0 Å². The van der Waals surface area contributed by atoms with E-state index in [4.69, 9.17) is 0 Å². The van der Waals surface area contributed by atoms with E-state index in [-0.39, 0.29) is 30.3 Å². The molecule has 2 heterocycles. The van der Waals surface area contributed by atoms with E-state index in [1.807, 2.05) is 43.3 Å². The van der Waals surface area contributed by atoms with E-state index in [9.17, 15) is 14.4 Å². The second kappa shape index (κ2) is 8.07. The molecule has 2 aliphatic heterocycles. The quantitative estimate of drug-likeness (QED) is 0.850. The lowest BCUT2D eigenvalue weighted by atomic mass is 10.1. The fourth-order valence-corrected chi connectivity index (χ4v) is 3.97. The lowest BCUT2D eigenvalue weighted by Gasteiger charge is -2.36. The molecule has 3 amide bonds. The molecule has 0 saturated carbocycles. The minimum absolute atomic E-state index is 0.0270. The molecule has 1 N–H and O–H groups in total. The van der Waals surface area contributed by atoms with E-state index < -0.39 is 0 Å². The predicted octanol–water partition coefficient (Wildman–Crippen LogP) is 2.26. The molecule has 0 radical (unpaired) electrons. The summed E-state index contributed by atoms with van der Waals surface area (Å²) in [5, 5.41) is 2.92.